The SMILES string of the molecule is CC(N)c1cc2c(cc1O)CCC2. The zero-order chi connectivity index (χ0) is 9.42. The lowest BCUT2D eigenvalue weighted by atomic mass is 10.0. The molecular weight excluding hydrogens is 162 g/mol. The Bertz CT molecular complexity index is 331. The normalized spacial score (nSPS) is 17.1. The summed E-state index contributed by atoms with van der Waals surface area (Å²) in [6, 6.07) is 3.86. The highest BCUT2D eigenvalue weighted by atomic mass is 16.3. The van der Waals surface area contributed by atoms with Crippen LogP contribution in [0.25, 0.3) is 0 Å². The summed E-state index contributed by atoms with van der Waals surface area (Å²) in [6.45, 7) is 1.90. The Kier molecular flexibility index (Phi) is 2.00. The number of aryl methyl sites for hydroxylation is 2. The second-order valence-electron chi connectivity index (χ2n) is 3.82. The van der Waals surface area contributed by atoms with Gasteiger partial charge in [-0.1, -0.05) is 6.07 Å². The topological polar surface area (TPSA) is 46.2 Å². The number of aromatic hydroxyl groups is 1. The van der Waals surface area contributed by atoms with E-state index in [2.05, 4.69) is 6.07 Å². The Morgan fingerprint density at radius 1 is 1.31 bits per heavy atom. The van der Waals surface area contributed by atoms with Gasteiger partial charge in [0.1, 0.15) is 5.75 Å². The van der Waals surface area contributed by atoms with E-state index in [4.69, 9.17) is 5.73 Å². The van der Waals surface area contributed by atoms with Crippen molar-refractivity contribution in [3.8, 4) is 5.75 Å². The Labute approximate surface area is 78.4 Å². The molecule has 0 amide bonds. The molecule has 0 fully saturated rings. The molecule has 0 aromatic heterocycles. The van der Waals surface area contributed by atoms with Gasteiger partial charge in [-0.25, -0.2) is 0 Å². The molecule has 0 aliphatic heterocycles. The lowest BCUT2D eigenvalue weighted by molar-refractivity contribution is 0.463. The van der Waals surface area contributed by atoms with Gasteiger partial charge in [0.15, 0.2) is 0 Å². The molecule has 0 spiro atoms. The highest BCUT2D eigenvalue weighted by molar-refractivity contribution is 5.45. The van der Waals surface area contributed by atoms with Gasteiger partial charge in [0.05, 0.1) is 0 Å². The van der Waals surface area contributed by atoms with E-state index >= 15 is 0 Å². The third-order valence-electron chi connectivity index (χ3n) is 2.73. The first-order valence-electron chi connectivity index (χ1n) is 4.78. The van der Waals surface area contributed by atoms with E-state index in [-0.39, 0.29) is 6.04 Å². The van der Waals surface area contributed by atoms with Crippen molar-refractivity contribution in [3.63, 3.8) is 0 Å². The van der Waals surface area contributed by atoms with Gasteiger partial charge < -0.3 is 10.8 Å². The molecule has 13 heavy (non-hydrogen) atoms. The molecule has 1 atom stereocenters. The fourth-order valence-corrected chi connectivity index (χ4v) is 1.99. The smallest absolute Gasteiger partial charge is 0.120 e. The minimum Gasteiger partial charge on any atom is -0.508 e. The largest absolute Gasteiger partial charge is 0.508 e. The molecule has 1 aliphatic rings. The Hall–Kier alpha value is -1.02. The van der Waals surface area contributed by atoms with E-state index in [1.807, 2.05) is 13.0 Å². The molecule has 1 aliphatic carbocycles. The molecule has 1 aromatic carbocycles. The number of phenolic OH excluding ortho intramolecular Hbond substituents is 1. The number of phenols is 1. The van der Waals surface area contributed by atoms with Crippen LogP contribution in [0.5, 0.6) is 5.75 Å². The second kappa shape index (κ2) is 3.04. The van der Waals surface area contributed by atoms with Gasteiger partial charge in [0, 0.05) is 11.6 Å². The number of fused-ring (bicyclic) bond motifs is 1. The Morgan fingerprint density at radius 2 is 1.92 bits per heavy atom. The summed E-state index contributed by atoms with van der Waals surface area (Å²) >= 11 is 0. The van der Waals surface area contributed by atoms with Crippen molar-refractivity contribution in [1.29, 1.82) is 0 Å². The van der Waals surface area contributed by atoms with Crippen LogP contribution in [0, 0.1) is 0 Å². The lowest BCUT2D eigenvalue weighted by Crippen LogP contribution is -2.05. The van der Waals surface area contributed by atoms with Crippen LogP contribution in [-0.4, -0.2) is 5.11 Å². The van der Waals surface area contributed by atoms with Gasteiger partial charge in [-0.15, -0.1) is 0 Å². The molecule has 2 heteroatoms. The van der Waals surface area contributed by atoms with E-state index in [9.17, 15) is 5.11 Å². The first-order valence-corrected chi connectivity index (χ1v) is 4.78. The summed E-state index contributed by atoms with van der Waals surface area (Å²) in [5, 5.41) is 9.67. The van der Waals surface area contributed by atoms with Crippen molar-refractivity contribution in [3.05, 3.63) is 28.8 Å². The summed E-state index contributed by atoms with van der Waals surface area (Å²) in [5.74, 6) is 0.357. The zero-order valence-electron chi connectivity index (χ0n) is 7.88. The first-order chi connectivity index (χ1) is 6.18. The molecule has 0 saturated heterocycles. The van der Waals surface area contributed by atoms with Crippen LogP contribution < -0.4 is 5.73 Å². The predicted molar refractivity (Wildman–Crippen MR) is 52.7 cm³/mol. The van der Waals surface area contributed by atoms with Crippen molar-refractivity contribution in [2.24, 2.45) is 5.73 Å². The summed E-state index contributed by atoms with van der Waals surface area (Å²) < 4.78 is 0. The molecule has 1 aromatic rings. The van der Waals surface area contributed by atoms with Crippen molar-refractivity contribution in [1.82, 2.24) is 0 Å². The molecule has 3 N–H and O–H groups in total. The zero-order valence-corrected chi connectivity index (χ0v) is 7.88. The van der Waals surface area contributed by atoms with E-state index < -0.39 is 0 Å². The van der Waals surface area contributed by atoms with Gasteiger partial charge in [0.25, 0.3) is 0 Å². The molecule has 2 rings (SSSR count). The standard InChI is InChI=1S/C11H15NO/c1-7(12)10-5-8-3-2-4-9(8)6-11(10)13/h5-7,13H,2-4,12H2,1H3. The maximum absolute atomic E-state index is 9.67. The molecule has 0 radical (unpaired) electrons. The van der Waals surface area contributed by atoms with E-state index in [0.29, 0.717) is 5.75 Å². The first kappa shape index (κ1) is 8.57. The highest BCUT2D eigenvalue weighted by Gasteiger charge is 2.15. The van der Waals surface area contributed by atoms with Gasteiger partial charge in [0.2, 0.25) is 0 Å². The fourth-order valence-electron chi connectivity index (χ4n) is 1.99. The second-order valence-corrected chi connectivity index (χ2v) is 3.82. The average molecular weight is 177 g/mol. The molecule has 2 nitrogen and oxygen atoms in total. The number of hydrogen-bond acceptors (Lipinski definition) is 2. The Balaban J connectivity index is 2.49. The summed E-state index contributed by atoms with van der Waals surface area (Å²) in [4.78, 5) is 0. The molecule has 0 saturated carbocycles. The molecule has 70 valence electrons. The van der Waals surface area contributed by atoms with Gasteiger partial charge >= 0.3 is 0 Å². The number of rotatable bonds is 1. The molecule has 0 bridgehead atoms. The predicted octanol–water partition coefficient (Wildman–Crippen LogP) is 1.90. The van der Waals surface area contributed by atoms with Crippen molar-refractivity contribution < 1.29 is 5.11 Å². The van der Waals surface area contributed by atoms with Crippen LogP contribution in [0.3, 0.4) is 0 Å². The highest BCUT2D eigenvalue weighted by Crippen LogP contribution is 2.31. The van der Waals surface area contributed by atoms with E-state index in [1.54, 1.807) is 0 Å². The van der Waals surface area contributed by atoms with Gasteiger partial charge in [-0.2, -0.15) is 0 Å². The minimum atomic E-state index is -0.0779. The third kappa shape index (κ3) is 1.42. The lowest BCUT2D eigenvalue weighted by Gasteiger charge is -2.10. The number of benzene rings is 1. The van der Waals surface area contributed by atoms with Crippen molar-refractivity contribution >= 4 is 0 Å². The maximum atomic E-state index is 9.67. The van der Waals surface area contributed by atoms with Crippen LogP contribution in [-0.2, 0) is 12.8 Å². The number of hydrogen-bond donors (Lipinski definition) is 2. The van der Waals surface area contributed by atoms with Crippen molar-refractivity contribution in [2.75, 3.05) is 0 Å². The van der Waals surface area contributed by atoms with Crippen LogP contribution in [0.1, 0.15) is 36.1 Å². The minimum absolute atomic E-state index is 0.0779. The van der Waals surface area contributed by atoms with E-state index in [1.165, 1.54) is 17.5 Å². The van der Waals surface area contributed by atoms with Crippen LogP contribution in [0.15, 0.2) is 12.1 Å². The van der Waals surface area contributed by atoms with Gasteiger partial charge in [-0.3, -0.25) is 0 Å². The van der Waals surface area contributed by atoms with Crippen LogP contribution in [0.4, 0.5) is 0 Å². The average Bonchev–Trinajstić information content (AvgIpc) is 2.48. The molecular formula is C11H15NO. The van der Waals surface area contributed by atoms with Crippen LogP contribution in [0.2, 0.25) is 0 Å². The quantitative estimate of drug-likeness (QED) is 0.688. The van der Waals surface area contributed by atoms with Crippen LogP contribution >= 0.6 is 0 Å². The molecule has 1 unspecified atom stereocenters. The summed E-state index contributed by atoms with van der Waals surface area (Å²) in [6.07, 6.45) is 3.44. The van der Waals surface area contributed by atoms with Crippen molar-refractivity contribution in [2.45, 2.75) is 32.2 Å². The Morgan fingerprint density at radius 3 is 2.54 bits per heavy atom. The van der Waals surface area contributed by atoms with E-state index in [0.717, 1.165) is 18.4 Å². The third-order valence-corrected chi connectivity index (χ3v) is 2.73. The fraction of sp³-hybridized carbons (Fsp3) is 0.455. The summed E-state index contributed by atoms with van der Waals surface area (Å²) in [7, 11) is 0. The van der Waals surface area contributed by atoms with Gasteiger partial charge in [-0.05, 0) is 43.4 Å². The monoisotopic (exact) mass is 177 g/mol. The summed E-state index contributed by atoms with van der Waals surface area (Å²) in [5.41, 5.74) is 9.28. The maximum Gasteiger partial charge on any atom is 0.120 e. The molecule has 0 heterocycles. The number of nitrogens with two attached hydrogens (primary N) is 1.